The fraction of sp³-hybridized carbons (Fsp3) is 0.231. The van der Waals surface area contributed by atoms with Gasteiger partial charge in [-0.2, -0.15) is 0 Å². The topological polar surface area (TPSA) is 20.2 Å². The van der Waals surface area contributed by atoms with Gasteiger partial charge in [-0.15, -0.1) is 0 Å². The summed E-state index contributed by atoms with van der Waals surface area (Å²) in [4.78, 5) is 0. The Hall–Kier alpha value is -2.37. The van der Waals surface area contributed by atoms with Crippen molar-refractivity contribution in [2.45, 2.75) is 38.8 Å². The second-order valence-electron chi connectivity index (χ2n) is 8.57. The molecule has 28 heavy (non-hydrogen) atoms. The molecule has 142 valence electrons. The summed E-state index contributed by atoms with van der Waals surface area (Å²) >= 11 is 0. The molecule has 2 atom stereocenters. The lowest BCUT2D eigenvalue weighted by Gasteiger charge is -2.29. The first-order chi connectivity index (χ1) is 13.4. The van der Waals surface area contributed by atoms with E-state index in [4.69, 9.17) is 0 Å². The van der Waals surface area contributed by atoms with Gasteiger partial charge in [-0.3, -0.25) is 0 Å². The second-order valence-corrected chi connectivity index (χ2v) is 10.9. The number of aryl methyl sites for hydroxylation is 1. The first-order valence-electron chi connectivity index (χ1n) is 9.82. The zero-order chi connectivity index (χ0) is 19.9. The van der Waals surface area contributed by atoms with E-state index < -0.39 is 7.92 Å². The third kappa shape index (κ3) is 3.40. The zero-order valence-electron chi connectivity index (χ0n) is 17.0. The van der Waals surface area contributed by atoms with Gasteiger partial charge in [0.2, 0.25) is 0 Å². The Morgan fingerprint density at radius 2 is 1.57 bits per heavy atom. The Balaban J connectivity index is 1.95. The van der Waals surface area contributed by atoms with Crippen LogP contribution < -0.4 is 10.6 Å². The third-order valence-corrected chi connectivity index (χ3v) is 8.11. The van der Waals surface area contributed by atoms with Crippen molar-refractivity contribution in [3.8, 4) is 5.75 Å². The lowest BCUT2D eigenvalue weighted by Crippen LogP contribution is -2.21. The average molecular weight is 386 g/mol. The summed E-state index contributed by atoms with van der Waals surface area (Å²) in [5.41, 5.74) is 5.05. The van der Waals surface area contributed by atoms with Crippen molar-refractivity contribution >= 4 is 24.6 Å². The number of fused-ring (bicyclic) bond motifs is 1. The van der Waals surface area contributed by atoms with Crippen LogP contribution in [0.25, 0.3) is 6.08 Å². The van der Waals surface area contributed by atoms with Crippen LogP contribution in [0.5, 0.6) is 5.75 Å². The van der Waals surface area contributed by atoms with Gasteiger partial charge in [0, 0.05) is 16.5 Å². The maximum Gasteiger partial charge on any atom is 0.127 e. The Bertz CT molecular complexity index is 1030. The Labute approximate surface area is 169 Å². The maximum atomic E-state index is 11.4. The molecule has 0 amide bonds. The highest BCUT2D eigenvalue weighted by Crippen LogP contribution is 2.56. The standard InChI is InChI=1S/C26H27OP/c1-18-16-22(26(2,3)4)25(27)24(17-18)28(20-11-6-5-7-12-20)23-15-14-19-10-8-9-13-21(19)23/h5-17,23,27H,1-4H3. The number of aromatic hydroxyl groups is 1. The SMILES string of the molecule is Cc1cc(P(c2ccccc2)C2C=Cc3ccccc32)c(O)c(C(C)(C)C)c1. The molecule has 0 spiro atoms. The van der Waals surface area contributed by atoms with Gasteiger partial charge in [-0.05, 0) is 48.3 Å². The number of rotatable bonds is 3. The van der Waals surface area contributed by atoms with Crippen LogP contribution in [0, 0.1) is 6.92 Å². The van der Waals surface area contributed by atoms with Crippen molar-refractivity contribution in [3.05, 3.63) is 95.1 Å². The van der Waals surface area contributed by atoms with Crippen LogP contribution >= 0.6 is 7.92 Å². The van der Waals surface area contributed by atoms with Crippen molar-refractivity contribution in [1.29, 1.82) is 0 Å². The van der Waals surface area contributed by atoms with Crippen molar-refractivity contribution in [2.24, 2.45) is 0 Å². The van der Waals surface area contributed by atoms with Gasteiger partial charge >= 0.3 is 0 Å². The molecule has 0 aliphatic heterocycles. The highest BCUT2D eigenvalue weighted by molar-refractivity contribution is 7.73. The number of hydrogen-bond donors (Lipinski definition) is 1. The molecular weight excluding hydrogens is 359 g/mol. The highest BCUT2D eigenvalue weighted by atomic mass is 31.1. The summed E-state index contributed by atoms with van der Waals surface area (Å²) in [7, 11) is -0.776. The quantitative estimate of drug-likeness (QED) is 0.532. The van der Waals surface area contributed by atoms with E-state index in [0.717, 1.165) is 10.9 Å². The smallest absolute Gasteiger partial charge is 0.127 e. The van der Waals surface area contributed by atoms with Gasteiger partial charge < -0.3 is 5.11 Å². The van der Waals surface area contributed by atoms with Gasteiger partial charge in [-0.1, -0.05) is 93.6 Å². The molecule has 0 radical (unpaired) electrons. The van der Waals surface area contributed by atoms with E-state index in [2.05, 4.69) is 107 Å². The molecule has 1 N–H and O–H groups in total. The largest absolute Gasteiger partial charge is 0.507 e. The summed E-state index contributed by atoms with van der Waals surface area (Å²) in [5.74, 6) is 0.464. The number of hydrogen-bond acceptors (Lipinski definition) is 1. The second kappa shape index (κ2) is 7.22. The molecular formula is C26H27OP. The minimum atomic E-state index is -0.776. The predicted octanol–water partition coefficient (Wildman–Crippen LogP) is 6.20. The van der Waals surface area contributed by atoms with E-state index >= 15 is 0 Å². The van der Waals surface area contributed by atoms with E-state index in [1.165, 1.54) is 22.0 Å². The van der Waals surface area contributed by atoms with Crippen LogP contribution in [0.15, 0.2) is 72.8 Å². The van der Waals surface area contributed by atoms with E-state index in [-0.39, 0.29) is 11.1 Å². The molecule has 0 saturated heterocycles. The van der Waals surface area contributed by atoms with Gasteiger partial charge in [-0.25, -0.2) is 0 Å². The first kappa shape index (κ1) is 19.0. The molecule has 2 unspecified atom stereocenters. The molecule has 4 rings (SSSR count). The van der Waals surface area contributed by atoms with Gasteiger partial charge in [0.05, 0.1) is 0 Å². The summed E-state index contributed by atoms with van der Waals surface area (Å²) in [6.45, 7) is 8.64. The molecule has 2 heteroatoms. The van der Waals surface area contributed by atoms with Crippen LogP contribution in [-0.4, -0.2) is 5.11 Å². The molecule has 0 aromatic heterocycles. The van der Waals surface area contributed by atoms with Gasteiger partial charge in [0.1, 0.15) is 5.75 Å². The van der Waals surface area contributed by atoms with Crippen molar-refractivity contribution < 1.29 is 5.11 Å². The Kier molecular flexibility index (Phi) is 4.89. The molecule has 1 aliphatic carbocycles. The highest BCUT2D eigenvalue weighted by Gasteiger charge is 2.32. The minimum absolute atomic E-state index is 0.105. The Morgan fingerprint density at radius 1 is 0.893 bits per heavy atom. The monoisotopic (exact) mass is 386 g/mol. The van der Waals surface area contributed by atoms with E-state index in [9.17, 15) is 5.11 Å². The lowest BCUT2D eigenvalue weighted by molar-refractivity contribution is 0.450. The molecule has 0 saturated carbocycles. The lowest BCUT2D eigenvalue weighted by atomic mass is 9.85. The summed E-state index contributed by atoms with van der Waals surface area (Å²) in [6, 6.07) is 23.6. The number of phenolic OH excluding ortho intramolecular Hbond substituents is 1. The van der Waals surface area contributed by atoms with Crippen molar-refractivity contribution in [2.75, 3.05) is 0 Å². The van der Waals surface area contributed by atoms with E-state index in [1.807, 2.05) is 0 Å². The summed E-state index contributed by atoms with van der Waals surface area (Å²) in [5, 5.41) is 13.8. The van der Waals surface area contributed by atoms with Crippen LogP contribution in [0.2, 0.25) is 0 Å². The van der Waals surface area contributed by atoms with Crippen LogP contribution in [0.1, 0.15) is 48.7 Å². The van der Waals surface area contributed by atoms with Crippen molar-refractivity contribution in [1.82, 2.24) is 0 Å². The Morgan fingerprint density at radius 3 is 2.29 bits per heavy atom. The fourth-order valence-corrected chi connectivity index (χ4v) is 6.86. The number of benzene rings is 3. The molecule has 0 heterocycles. The van der Waals surface area contributed by atoms with E-state index in [1.54, 1.807) is 0 Å². The van der Waals surface area contributed by atoms with Gasteiger partial charge in [0.25, 0.3) is 0 Å². The number of phenols is 1. The molecule has 1 nitrogen and oxygen atoms in total. The van der Waals surface area contributed by atoms with Crippen LogP contribution in [0.4, 0.5) is 0 Å². The molecule has 0 bridgehead atoms. The predicted molar refractivity (Wildman–Crippen MR) is 122 cm³/mol. The average Bonchev–Trinajstić information content (AvgIpc) is 3.08. The van der Waals surface area contributed by atoms with Gasteiger partial charge in [0.15, 0.2) is 0 Å². The normalized spacial score (nSPS) is 16.8. The molecule has 3 aromatic carbocycles. The van der Waals surface area contributed by atoms with Crippen LogP contribution in [0.3, 0.4) is 0 Å². The fourth-order valence-electron chi connectivity index (χ4n) is 4.01. The molecule has 3 aromatic rings. The minimum Gasteiger partial charge on any atom is -0.507 e. The molecule has 1 aliphatic rings. The van der Waals surface area contributed by atoms with Crippen LogP contribution in [-0.2, 0) is 5.41 Å². The maximum absolute atomic E-state index is 11.4. The number of allylic oxidation sites excluding steroid dienone is 1. The van der Waals surface area contributed by atoms with Crippen molar-refractivity contribution in [3.63, 3.8) is 0 Å². The molecule has 0 fully saturated rings. The summed E-state index contributed by atoms with van der Waals surface area (Å²) < 4.78 is 0. The zero-order valence-corrected chi connectivity index (χ0v) is 17.9. The first-order valence-corrected chi connectivity index (χ1v) is 11.2. The summed E-state index contributed by atoms with van der Waals surface area (Å²) in [6.07, 6.45) is 4.55. The van der Waals surface area contributed by atoms with E-state index in [0.29, 0.717) is 5.75 Å². The third-order valence-electron chi connectivity index (χ3n) is 5.39.